The molecule has 0 atom stereocenters. The van der Waals surface area contributed by atoms with E-state index >= 15 is 0 Å². The Hall–Kier alpha value is -4.21. The van der Waals surface area contributed by atoms with Crippen LogP contribution in [0.4, 0.5) is 13.2 Å². The highest BCUT2D eigenvalue weighted by Gasteiger charge is 2.34. The van der Waals surface area contributed by atoms with E-state index in [0.29, 0.717) is 28.7 Å². The van der Waals surface area contributed by atoms with Gasteiger partial charge in [-0.3, -0.25) is 14.5 Å². The Bertz CT molecular complexity index is 1390. The minimum absolute atomic E-state index is 0.0251. The fourth-order valence-electron chi connectivity index (χ4n) is 3.98. The molecule has 37 heavy (non-hydrogen) atoms. The molecule has 0 bridgehead atoms. The summed E-state index contributed by atoms with van der Waals surface area (Å²) in [4.78, 5) is 21.0. The molecule has 0 fully saturated rings. The molecule has 1 amide bonds. The molecule has 3 heterocycles. The number of halogens is 3. The number of pyridine rings is 2. The first kappa shape index (κ1) is 25.9. The van der Waals surface area contributed by atoms with Crippen LogP contribution in [-0.2, 0) is 30.9 Å². The van der Waals surface area contributed by atoms with Crippen LogP contribution in [0.5, 0.6) is 5.88 Å². The molecule has 192 valence electrons. The maximum absolute atomic E-state index is 14.9. The molecule has 0 spiro atoms. The molecule has 3 aromatic heterocycles. The number of carbonyl (C=O) groups is 1. The maximum atomic E-state index is 14.9. The molecule has 4 aromatic rings. The number of ether oxygens (including phenoxy) is 1. The van der Waals surface area contributed by atoms with Crippen LogP contribution in [-0.4, -0.2) is 37.7 Å². The summed E-state index contributed by atoms with van der Waals surface area (Å²) >= 11 is 0. The van der Waals surface area contributed by atoms with Crippen LogP contribution in [0.15, 0.2) is 61.1 Å². The smallest absolute Gasteiger partial charge is 0.322 e. The second-order valence-electron chi connectivity index (χ2n) is 8.73. The highest BCUT2D eigenvalue weighted by Crippen LogP contribution is 2.29. The summed E-state index contributed by atoms with van der Waals surface area (Å²) in [6.07, 6.45) is 5.15. The lowest BCUT2D eigenvalue weighted by Crippen LogP contribution is -2.25. The van der Waals surface area contributed by atoms with Crippen molar-refractivity contribution in [2.24, 2.45) is 7.05 Å². The van der Waals surface area contributed by atoms with Crippen molar-refractivity contribution in [2.75, 3.05) is 6.61 Å². The number of aryl methyl sites for hydroxylation is 2. The lowest BCUT2D eigenvalue weighted by atomic mass is 10.0. The number of aromatic nitrogens is 4. The quantitative estimate of drug-likeness (QED) is 0.283. The number of hydrogen-bond donors (Lipinski definition) is 0. The van der Waals surface area contributed by atoms with Gasteiger partial charge in [0.1, 0.15) is 11.5 Å². The third-order valence-corrected chi connectivity index (χ3v) is 5.97. The standard InChI is InChI=1S/C27H26F3N5O2/c1-18-21(9-11-32-26(18)37-16-27(29,30)25-6-4-5-10-31-25)13-35(17-36)14-22-8-7-20(12-24(22)28)23-15-34(3)33-19(23)2/h4-12,15,17H,13-14,16H2,1-3H3. The summed E-state index contributed by atoms with van der Waals surface area (Å²) in [5.74, 6) is -3.72. The van der Waals surface area contributed by atoms with E-state index in [2.05, 4.69) is 15.1 Å². The molecule has 0 radical (unpaired) electrons. The van der Waals surface area contributed by atoms with Crippen molar-refractivity contribution in [1.29, 1.82) is 0 Å². The minimum Gasteiger partial charge on any atom is -0.471 e. The molecule has 1 aromatic carbocycles. The third-order valence-electron chi connectivity index (χ3n) is 5.97. The van der Waals surface area contributed by atoms with Crippen LogP contribution in [0, 0.1) is 19.7 Å². The van der Waals surface area contributed by atoms with Gasteiger partial charge in [0.2, 0.25) is 12.3 Å². The van der Waals surface area contributed by atoms with Gasteiger partial charge in [0.05, 0.1) is 5.69 Å². The normalized spacial score (nSPS) is 11.4. The number of nitrogens with zero attached hydrogens (tertiary/aromatic N) is 5. The largest absolute Gasteiger partial charge is 0.471 e. The first-order chi connectivity index (χ1) is 17.7. The van der Waals surface area contributed by atoms with E-state index in [1.54, 1.807) is 42.9 Å². The van der Waals surface area contributed by atoms with Gasteiger partial charge in [-0.15, -0.1) is 0 Å². The molecule has 4 rings (SSSR count). The van der Waals surface area contributed by atoms with Gasteiger partial charge in [-0.1, -0.05) is 18.2 Å². The Morgan fingerprint density at radius 1 is 1.05 bits per heavy atom. The predicted molar refractivity (Wildman–Crippen MR) is 131 cm³/mol. The summed E-state index contributed by atoms with van der Waals surface area (Å²) in [6, 6.07) is 10.8. The maximum Gasteiger partial charge on any atom is 0.322 e. The van der Waals surface area contributed by atoms with E-state index in [4.69, 9.17) is 4.74 Å². The molecule has 0 saturated heterocycles. The summed E-state index contributed by atoms with van der Waals surface area (Å²) in [6.45, 7) is 2.73. The molecular weight excluding hydrogens is 483 g/mol. The molecule has 0 unspecified atom stereocenters. The molecule has 0 saturated carbocycles. The van der Waals surface area contributed by atoms with Gasteiger partial charge in [0.15, 0.2) is 6.61 Å². The number of hydrogen-bond acceptors (Lipinski definition) is 5. The fourth-order valence-corrected chi connectivity index (χ4v) is 3.98. The number of rotatable bonds is 10. The molecule has 0 aliphatic heterocycles. The van der Waals surface area contributed by atoms with Gasteiger partial charge in [0.25, 0.3) is 0 Å². The van der Waals surface area contributed by atoms with E-state index in [0.717, 1.165) is 11.3 Å². The number of alkyl halides is 2. The highest BCUT2D eigenvalue weighted by molar-refractivity contribution is 5.65. The van der Waals surface area contributed by atoms with Crippen LogP contribution >= 0.6 is 0 Å². The first-order valence-corrected chi connectivity index (χ1v) is 11.5. The van der Waals surface area contributed by atoms with Crippen LogP contribution in [0.2, 0.25) is 0 Å². The van der Waals surface area contributed by atoms with Crippen molar-refractivity contribution in [1.82, 2.24) is 24.6 Å². The SMILES string of the molecule is Cc1nn(C)cc1-c1ccc(CN(C=O)Cc2ccnc(OCC(F)(F)c3ccccn3)c2C)c(F)c1. The van der Waals surface area contributed by atoms with Gasteiger partial charge in [-0.2, -0.15) is 13.9 Å². The van der Waals surface area contributed by atoms with E-state index in [9.17, 15) is 18.0 Å². The van der Waals surface area contributed by atoms with E-state index < -0.39 is 24.0 Å². The second-order valence-corrected chi connectivity index (χ2v) is 8.73. The second kappa shape index (κ2) is 10.8. The number of carbonyl (C=O) groups excluding carboxylic acids is 1. The van der Waals surface area contributed by atoms with Crippen molar-refractivity contribution < 1.29 is 22.7 Å². The van der Waals surface area contributed by atoms with Gasteiger partial charge >= 0.3 is 5.92 Å². The average Bonchev–Trinajstić information content (AvgIpc) is 3.23. The Kier molecular flexibility index (Phi) is 7.56. The van der Waals surface area contributed by atoms with E-state index in [-0.39, 0.29) is 19.0 Å². The van der Waals surface area contributed by atoms with Crippen LogP contribution in [0.25, 0.3) is 11.1 Å². The molecule has 10 heteroatoms. The van der Waals surface area contributed by atoms with Crippen molar-refractivity contribution >= 4 is 6.41 Å². The molecule has 0 N–H and O–H groups in total. The monoisotopic (exact) mass is 509 g/mol. The Labute approximate surface area is 212 Å². The highest BCUT2D eigenvalue weighted by atomic mass is 19.3. The summed E-state index contributed by atoms with van der Waals surface area (Å²) in [5.41, 5.74) is 3.40. The zero-order chi connectivity index (χ0) is 26.6. The van der Waals surface area contributed by atoms with Gasteiger partial charge in [0, 0.05) is 55.4 Å². The topological polar surface area (TPSA) is 73.1 Å². The Morgan fingerprint density at radius 2 is 1.84 bits per heavy atom. The minimum atomic E-state index is -3.31. The van der Waals surface area contributed by atoms with Crippen molar-refractivity contribution in [2.45, 2.75) is 32.9 Å². The van der Waals surface area contributed by atoms with Crippen LogP contribution < -0.4 is 4.74 Å². The average molecular weight is 510 g/mol. The Morgan fingerprint density at radius 3 is 2.49 bits per heavy atom. The summed E-state index contributed by atoms with van der Waals surface area (Å²) < 4.78 is 50.9. The van der Waals surface area contributed by atoms with Gasteiger partial charge in [-0.05, 0) is 49.2 Å². The lowest BCUT2D eigenvalue weighted by molar-refractivity contribution is -0.119. The zero-order valence-corrected chi connectivity index (χ0v) is 20.7. The van der Waals surface area contributed by atoms with Crippen LogP contribution in [0.1, 0.15) is 28.1 Å². The van der Waals surface area contributed by atoms with Gasteiger partial charge < -0.3 is 9.64 Å². The van der Waals surface area contributed by atoms with Crippen molar-refractivity contribution in [3.63, 3.8) is 0 Å². The lowest BCUT2D eigenvalue weighted by Gasteiger charge is -2.21. The summed E-state index contributed by atoms with van der Waals surface area (Å²) in [7, 11) is 1.80. The number of amides is 1. The van der Waals surface area contributed by atoms with E-state index in [1.165, 1.54) is 35.5 Å². The Balaban J connectivity index is 1.46. The molecule has 0 aliphatic carbocycles. The fraction of sp³-hybridized carbons (Fsp3) is 0.259. The zero-order valence-electron chi connectivity index (χ0n) is 20.7. The molecular formula is C27H26F3N5O2. The van der Waals surface area contributed by atoms with Crippen molar-refractivity contribution in [3.8, 4) is 17.0 Å². The third kappa shape index (κ3) is 5.96. The van der Waals surface area contributed by atoms with E-state index in [1.807, 2.05) is 13.1 Å². The van der Waals surface area contributed by atoms with Crippen LogP contribution in [0.3, 0.4) is 0 Å². The summed E-state index contributed by atoms with van der Waals surface area (Å²) in [5, 5.41) is 4.28. The molecule has 7 nitrogen and oxygen atoms in total. The number of benzene rings is 1. The first-order valence-electron chi connectivity index (χ1n) is 11.5. The van der Waals surface area contributed by atoms with Crippen molar-refractivity contribution in [3.05, 3.63) is 95.0 Å². The predicted octanol–water partition coefficient (Wildman–Crippen LogP) is 4.96. The molecule has 0 aliphatic rings. The van der Waals surface area contributed by atoms with Gasteiger partial charge in [-0.25, -0.2) is 9.37 Å².